The highest BCUT2D eigenvalue weighted by Crippen LogP contribution is 2.40. The second kappa shape index (κ2) is 7.13. The zero-order chi connectivity index (χ0) is 15.7. The molecule has 2 N–H and O–H groups in total. The van der Waals surface area contributed by atoms with Crippen molar-refractivity contribution in [2.75, 3.05) is 18.6 Å². The topological polar surface area (TPSA) is 61.8 Å². The van der Waals surface area contributed by atoms with Crippen LogP contribution in [0.2, 0.25) is 0 Å². The Labute approximate surface area is 142 Å². The minimum absolute atomic E-state index is 0. The van der Waals surface area contributed by atoms with Gasteiger partial charge >= 0.3 is 5.97 Å². The SMILES string of the molecule is CCOC(=O)C1CCCC2=C(N1)N(C)c1c(O)cccc1C2.Cl. The predicted molar refractivity (Wildman–Crippen MR) is 91.9 cm³/mol. The predicted octanol–water partition coefficient (Wildman–Crippen LogP) is 2.72. The van der Waals surface area contributed by atoms with Crippen LogP contribution in [-0.4, -0.2) is 30.8 Å². The number of esters is 1. The van der Waals surface area contributed by atoms with Crippen molar-refractivity contribution in [1.29, 1.82) is 0 Å². The zero-order valence-corrected chi connectivity index (χ0v) is 14.3. The van der Waals surface area contributed by atoms with Crippen LogP contribution in [0.3, 0.4) is 0 Å². The van der Waals surface area contributed by atoms with Crippen LogP contribution in [0, 0.1) is 0 Å². The number of hydrogen-bond donors (Lipinski definition) is 2. The number of carbonyl (C=O) groups is 1. The molecule has 0 radical (unpaired) electrons. The summed E-state index contributed by atoms with van der Waals surface area (Å²) in [6.45, 7) is 2.21. The quantitative estimate of drug-likeness (QED) is 0.812. The fraction of sp³-hybridized carbons (Fsp3) is 0.471. The molecule has 5 nitrogen and oxygen atoms in total. The fourth-order valence-corrected chi connectivity index (χ4v) is 3.35. The molecule has 0 fully saturated rings. The Morgan fingerprint density at radius 2 is 2.26 bits per heavy atom. The number of carbonyl (C=O) groups excluding carboxylic acids is 1. The minimum Gasteiger partial charge on any atom is -0.506 e. The number of para-hydroxylation sites is 1. The maximum Gasteiger partial charge on any atom is 0.328 e. The van der Waals surface area contributed by atoms with Crippen molar-refractivity contribution < 1.29 is 14.6 Å². The van der Waals surface area contributed by atoms with E-state index < -0.39 is 0 Å². The van der Waals surface area contributed by atoms with E-state index in [1.807, 2.05) is 31.0 Å². The number of nitrogens with one attached hydrogen (secondary N) is 1. The standard InChI is InChI=1S/C17H22N2O3.ClH/c1-3-22-17(21)13-8-4-7-12-10-11-6-5-9-14(20)15(11)19(2)16(12)18-13;/h5-6,9,13,18,20H,3-4,7-8,10H2,1-2H3;1H. The summed E-state index contributed by atoms with van der Waals surface area (Å²) < 4.78 is 5.15. The Morgan fingerprint density at radius 3 is 3.00 bits per heavy atom. The van der Waals surface area contributed by atoms with E-state index in [0.717, 1.165) is 42.8 Å². The summed E-state index contributed by atoms with van der Waals surface area (Å²) >= 11 is 0. The molecule has 1 atom stereocenters. The lowest BCUT2D eigenvalue weighted by Gasteiger charge is -2.33. The van der Waals surface area contributed by atoms with Gasteiger partial charge in [0.2, 0.25) is 0 Å². The van der Waals surface area contributed by atoms with Gasteiger partial charge in [0, 0.05) is 7.05 Å². The minimum atomic E-state index is -0.317. The number of hydrogen-bond acceptors (Lipinski definition) is 5. The molecule has 0 spiro atoms. The molecule has 23 heavy (non-hydrogen) atoms. The van der Waals surface area contributed by atoms with Gasteiger partial charge in [-0.25, -0.2) is 4.79 Å². The van der Waals surface area contributed by atoms with Gasteiger partial charge in [-0.15, -0.1) is 12.4 Å². The Balaban J connectivity index is 0.00000192. The van der Waals surface area contributed by atoms with Crippen molar-refractivity contribution in [3.8, 4) is 5.75 Å². The first-order chi connectivity index (χ1) is 10.6. The Bertz CT molecular complexity index is 630. The van der Waals surface area contributed by atoms with Crippen LogP contribution in [0.1, 0.15) is 31.7 Å². The number of nitrogens with zero attached hydrogens (tertiary/aromatic N) is 1. The molecule has 0 aromatic heterocycles. The van der Waals surface area contributed by atoms with Crippen LogP contribution in [-0.2, 0) is 16.0 Å². The smallest absolute Gasteiger partial charge is 0.328 e. The summed E-state index contributed by atoms with van der Waals surface area (Å²) in [5.74, 6) is 1.00. The fourth-order valence-electron chi connectivity index (χ4n) is 3.35. The molecule has 2 heterocycles. The molecule has 126 valence electrons. The summed E-state index contributed by atoms with van der Waals surface area (Å²) in [5, 5.41) is 13.5. The number of anilines is 1. The Kier molecular flexibility index (Phi) is 5.42. The molecule has 2 aliphatic heterocycles. The van der Waals surface area contributed by atoms with Crippen molar-refractivity contribution in [2.45, 2.75) is 38.6 Å². The summed E-state index contributed by atoms with van der Waals surface area (Å²) in [4.78, 5) is 14.0. The van der Waals surface area contributed by atoms with Crippen molar-refractivity contribution in [3.05, 3.63) is 35.2 Å². The third-order valence-electron chi connectivity index (χ3n) is 4.36. The molecule has 1 unspecified atom stereocenters. The van der Waals surface area contributed by atoms with Gasteiger partial charge in [-0.05, 0) is 49.8 Å². The number of phenolic OH excluding ortho intramolecular Hbond substituents is 1. The molecule has 0 aliphatic carbocycles. The van der Waals surface area contributed by atoms with Crippen LogP contribution >= 0.6 is 12.4 Å². The lowest BCUT2D eigenvalue weighted by atomic mass is 9.95. The largest absolute Gasteiger partial charge is 0.506 e. The number of aromatic hydroxyl groups is 1. The highest BCUT2D eigenvalue weighted by molar-refractivity contribution is 5.85. The second-order valence-corrected chi connectivity index (χ2v) is 5.81. The highest BCUT2D eigenvalue weighted by Gasteiger charge is 2.31. The third kappa shape index (κ3) is 3.24. The maximum atomic E-state index is 12.1. The molecule has 0 saturated heterocycles. The lowest BCUT2D eigenvalue weighted by Crippen LogP contribution is -2.42. The van der Waals surface area contributed by atoms with Gasteiger partial charge in [0.1, 0.15) is 17.6 Å². The van der Waals surface area contributed by atoms with E-state index in [4.69, 9.17) is 4.74 Å². The first-order valence-corrected chi connectivity index (χ1v) is 7.81. The van der Waals surface area contributed by atoms with Gasteiger partial charge in [-0.2, -0.15) is 0 Å². The number of halogens is 1. The van der Waals surface area contributed by atoms with Gasteiger partial charge in [0.05, 0.1) is 12.3 Å². The van der Waals surface area contributed by atoms with Gasteiger partial charge in [0.15, 0.2) is 0 Å². The van der Waals surface area contributed by atoms with Gasteiger partial charge in [0.25, 0.3) is 0 Å². The van der Waals surface area contributed by atoms with E-state index in [1.165, 1.54) is 5.57 Å². The number of allylic oxidation sites excluding steroid dienone is 1. The van der Waals surface area contributed by atoms with Crippen LogP contribution < -0.4 is 10.2 Å². The first-order valence-electron chi connectivity index (χ1n) is 7.81. The van der Waals surface area contributed by atoms with Crippen LogP contribution in [0.5, 0.6) is 5.75 Å². The van der Waals surface area contributed by atoms with Crippen molar-refractivity contribution in [1.82, 2.24) is 5.32 Å². The summed E-state index contributed by atoms with van der Waals surface area (Å²) in [6, 6.07) is 5.30. The Hall–Kier alpha value is -1.88. The Morgan fingerprint density at radius 1 is 1.48 bits per heavy atom. The van der Waals surface area contributed by atoms with E-state index in [0.29, 0.717) is 6.61 Å². The molecule has 0 amide bonds. The summed E-state index contributed by atoms with van der Waals surface area (Å²) in [6.07, 6.45) is 3.49. The normalized spacial score (nSPS) is 19.7. The molecule has 0 saturated carbocycles. The number of benzene rings is 1. The van der Waals surface area contributed by atoms with Gasteiger partial charge in [-0.1, -0.05) is 12.1 Å². The van der Waals surface area contributed by atoms with Gasteiger partial charge < -0.3 is 20.1 Å². The van der Waals surface area contributed by atoms with E-state index in [9.17, 15) is 9.90 Å². The number of rotatable bonds is 2. The molecule has 0 bridgehead atoms. The van der Waals surface area contributed by atoms with E-state index in [1.54, 1.807) is 6.07 Å². The number of phenols is 1. The van der Waals surface area contributed by atoms with Crippen LogP contribution in [0.4, 0.5) is 5.69 Å². The monoisotopic (exact) mass is 338 g/mol. The molecule has 6 heteroatoms. The number of ether oxygens (including phenoxy) is 1. The summed E-state index contributed by atoms with van der Waals surface area (Å²) in [5.41, 5.74) is 3.23. The molecule has 3 rings (SSSR count). The highest BCUT2D eigenvalue weighted by atomic mass is 35.5. The third-order valence-corrected chi connectivity index (χ3v) is 4.36. The van der Waals surface area contributed by atoms with Crippen LogP contribution in [0.25, 0.3) is 0 Å². The van der Waals surface area contributed by atoms with E-state index in [-0.39, 0.29) is 30.2 Å². The van der Waals surface area contributed by atoms with E-state index in [2.05, 4.69) is 5.32 Å². The van der Waals surface area contributed by atoms with Crippen LogP contribution in [0.15, 0.2) is 29.6 Å². The average molecular weight is 339 g/mol. The molecule has 1 aromatic carbocycles. The molecular weight excluding hydrogens is 316 g/mol. The summed E-state index contributed by atoms with van der Waals surface area (Å²) in [7, 11) is 1.92. The molecule has 2 aliphatic rings. The lowest BCUT2D eigenvalue weighted by molar-refractivity contribution is -0.145. The van der Waals surface area contributed by atoms with E-state index >= 15 is 0 Å². The first kappa shape index (κ1) is 17.5. The van der Waals surface area contributed by atoms with Gasteiger partial charge in [-0.3, -0.25) is 0 Å². The van der Waals surface area contributed by atoms with Crippen molar-refractivity contribution in [3.63, 3.8) is 0 Å². The maximum absolute atomic E-state index is 12.1. The molecular formula is C17H23ClN2O3. The zero-order valence-electron chi connectivity index (χ0n) is 13.5. The average Bonchev–Trinajstić information content (AvgIpc) is 2.70. The number of fused-ring (bicyclic) bond motifs is 1. The van der Waals surface area contributed by atoms with Crippen molar-refractivity contribution >= 4 is 24.1 Å². The molecule has 1 aromatic rings. The van der Waals surface area contributed by atoms with Crippen molar-refractivity contribution in [2.24, 2.45) is 0 Å². The second-order valence-electron chi connectivity index (χ2n) is 5.81.